The summed E-state index contributed by atoms with van der Waals surface area (Å²) < 4.78 is 10.1. The lowest BCUT2D eigenvalue weighted by atomic mass is 11.7. The van der Waals surface area contributed by atoms with Crippen molar-refractivity contribution < 1.29 is 8.85 Å². The molecule has 0 unspecified atom stereocenters. The molecule has 0 aromatic carbocycles. The van der Waals surface area contributed by atoms with Crippen LogP contribution in [0.5, 0.6) is 0 Å². The van der Waals surface area contributed by atoms with Crippen LogP contribution in [0.1, 0.15) is 0 Å². The molecule has 1 rings (SSSR count). The molecule has 1 aliphatic heterocycles. The number of hydrogen-bond acceptors (Lipinski definition) is 2. The minimum atomic E-state index is -0.457. The van der Waals surface area contributed by atoms with Gasteiger partial charge in [0.05, 0.1) is 9.52 Å². The van der Waals surface area contributed by atoms with Gasteiger partial charge in [-0.25, -0.2) is 0 Å². The van der Waals surface area contributed by atoms with Crippen LogP contribution >= 0.6 is 0 Å². The summed E-state index contributed by atoms with van der Waals surface area (Å²) in [5, 5.41) is 0. The van der Waals surface area contributed by atoms with E-state index in [1.165, 1.54) is 0 Å². The minimum Gasteiger partial charge on any atom is -0.403 e. The minimum absolute atomic E-state index is 0.0988. The highest BCUT2D eigenvalue weighted by molar-refractivity contribution is 6.39. The molecule has 4 heteroatoms. The third-order valence-electron chi connectivity index (χ3n) is 0.744. The molecule has 0 radical (unpaired) electrons. The average Bonchev–Trinajstić information content (AvgIpc) is 1.72. The molecule has 0 bridgehead atoms. The van der Waals surface area contributed by atoms with E-state index in [4.69, 9.17) is 8.85 Å². The van der Waals surface area contributed by atoms with Gasteiger partial charge in [0.25, 0.3) is 0 Å². The van der Waals surface area contributed by atoms with Gasteiger partial charge in [-0.15, -0.1) is 0 Å². The Hall–Kier alpha value is 0.354. The molecule has 1 heterocycles. The van der Waals surface area contributed by atoms with Gasteiger partial charge in [0.15, 0.2) is 0 Å². The number of hydrogen-bond donors (Lipinski definition) is 0. The highest BCUT2D eigenvalue weighted by atomic mass is 28.3. The van der Waals surface area contributed by atoms with Crippen LogP contribution in [0.15, 0.2) is 0 Å². The molecule has 0 atom stereocenters. The van der Waals surface area contributed by atoms with Crippen molar-refractivity contribution in [2.45, 2.75) is 0 Å². The molecule has 1 saturated heterocycles. The topological polar surface area (TPSA) is 18.5 Å². The molecule has 2 nitrogen and oxygen atoms in total. The smallest absolute Gasteiger partial charge is 0.303 e. The SMILES string of the molecule is C1O[SiH2]OC[SiH2]1. The van der Waals surface area contributed by atoms with Crippen molar-refractivity contribution >= 4 is 19.5 Å². The highest BCUT2D eigenvalue weighted by Gasteiger charge is 1.96. The lowest BCUT2D eigenvalue weighted by molar-refractivity contribution is 0.254. The third kappa shape index (κ3) is 1.21. The van der Waals surface area contributed by atoms with Gasteiger partial charge < -0.3 is 8.85 Å². The normalized spacial score (nSPS) is 32.0. The summed E-state index contributed by atoms with van der Waals surface area (Å²) in [6.45, 7) is 0. The molecule has 0 aliphatic carbocycles. The first-order chi connectivity index (χ1) is 3.00. The van der Waals surface area contributed by atoms with Gasteiger partial charge >= 0.3 is 10.0 Å². The summed E-state index contributed by atoms with van der Waals surface area (Å²) in [6, 6.07) is 0. The standard InChI is InChI=1S/C2H8O2Si2/c1-3-6-4-2-5-1/h1-2,5-6H2. The van der Waals surface area contributed by atoms with Gasteiger partial charge in [0, 0.05) is 12.5 Å². The summed E-state index contributed by atoms with van der Waals surface area (Å²) in [7, 11) is -0.358. The van der Waals surface area contributed by atoms with E-state index in [9.17, 15) is 0 Å². The average molecular weight is 120 g/mol. The van der Waals surface area contributed by atoms with E-state index >= 15 is 0 Å². The second kappa shape index (κ2) is 2.51. The van der Waals surface area contributed by atoms with Crippen molar-refractivity contribution in [3.63, 3.8) is 0 Å². The maximum Gasteiger partial charge on any atom is 0.303 e. The van der Waals surface area contributed by atoms with E-state index < -0.39 is 10.0 Å². The van der Waals surface area contributed by atoms with E-state index in [1.54, 1.807) is 0 Å². The van der Waals surface area contributed by atoms with Gasteiger partial charge in [0.2, 0.25) is 0 Å². The van der Waals surface area contributed by atoms with E-state index in [2.05, 4.69) is 0 Å². The summed E-state index contributed by atoms with van der Waals surface area (Å²) in [6.07, 6.45) is 2.15. The Balaban J connectivity index is 2.00. The zero-order chi connectivity index (χ0) is 4.24. The van der Waals surface area contributed by atoms with Crippen molar-refractivity contribution in [3.05, 3.63) is 0 Å². The Morgan fingerprint density at radius 1 is 1.17 bits per heavy atom. The third-order valence-corrected chi connectivity index (χ3v) is 3.96. The first-order valence-electron chi connectivity index (χ1n) is 2.15. The van der Waals surface area contributed by atoms with Crippen molar-refractivity contribution in [2.75, 3.05) is 12.5 Å². The molecule has 0 saturated carbocycles. The summed E-state index contributed by atoms with van der Waals surface area (Å²) in [5.41, 5.74) is 0. The predicted molar refractivity (Wildman–Crippen MR) is 29.0 cm³/mol. The van der Waals surface area contributed by atoms with E-state index in [0.29, 0.717) is 0 Å². The molecule has 0 amide bonds. The van der Waals surface area contributed by atoms with Crippen molar-refractivity contribution in [2.24, 2.45) is 0 Å². The maximum atomic E-state index is 5.05. The van der Waals surface area contributed by atoms with E-state index in [-0.39, 0.29) is 9.52 Å². The predicted octanol–water partition coefficient (Wildman–Crippen LogP) is -1.88. The van der Waals surface area contributed by atoms with Gasteiger partial charge in [-0.3, -0.25) is 0 Å². The van der Waals surface area contributed by atoms with Crippen LogP contribution in [-0.4, -0.2) is 32.0 Å². The Labute approximate surface area is 41.7 Å². The zero-order valence-corrected chi connectivity index (χ0v) is 6.47. The molecule has 6 heavy (non-hydrogen) atoms. The number of rotatable bonds is 0. The fraction of sp³-hybridized carbons (Fsp3) is 1.00. The molecule has 1 fully saturated rings. The monoisotopic (exact) mass is 120 g/mol. The second-order valence-electron chi connectivity index (χ2n) is 1.29. The fourth-order valence-electron chi connectivity index (χ4n) is 0.440. The summed E-state index contributed by atoms with van der Waals surface area (Å²) in [5.74, 6) is 0. The van der Waals surface area contributed by atoms with Gasteiger partial charge in [0.1, 0.15) is 0 Å². The highest BCUT2D eigenvalue weighted by Crippen LogP contribution is 1.79. The molecular weight excluding hydrogens is 112 g/mol. The Bertz CT molecular complexity index is 25.0. The molecule has 0 spiro atoms. The van der Waals surface area contributed by atoms with E-state index in [1.807, 2.05) is 0 Å². The summed E-state index contributed by atoms with van der Waals surface area (Å²) in [4.78, 5) is 0. The van der Waals surface area contributed by atoms with Crippen LogP contribution < -0.4 is 0 Å². The Morgan fingerprint density at radius 3 is 2.00 bits per heavy atom. The van der Waals surface area contributed by atoms with Gasteiger partial charge in [-0.2, -0.15) is 0 Å². The van der Waals surface area contributed by atoms with Crippen LogP contribution in [0.2, 0.25) is 0 Å². The van der Waals surface area contributed by atoms with Crippen LogP contribution in [0, 0.1) is 0 Å². The molecule has 0 aromatic rings. The lowest BCUT2D eigenvalue weighted by Gasteiger charge is -2.08. The first kappa shape index (κ1) is 4.51. The zero-order valence-electron chi connectivity index (χ0n) is 3.64. The quantitative estimate of drug-likeness (QED) is 0.348. The van der Waals surface area contributed by atoms with Crippen molar-refractivity contribution in [3.8, 4) is 0 Å². The molecule has 0 N–H and O–H groups in total. The van der Waals surface area contributed by atoms with Crippen LogP contribution in [-0.2, 0) is 8.85 Å². The fourth-order valence-corrected chi connectivity index (χ4v) is 3.25. The largest absolute Gasteiger partial charge is 0.403 e. The maximum absolute atomic E-state index is 5.05. The van der Waals surface area contributed by atoms with E-state index in [0.717, 1.165) is 12.5 Å². The Kier molecular flexibility index (Phi) is 1.89. The lowest BCUT2D eigenvalue weighted by Crippen LogP contribution is -2.22. The van der Waals surface area contributed by atoms with Gasteiger partial charge in [-0.05, 0) is 0 Å². The second-order valence-corrected chi connectivity index (χ2v) is 3.86. The summed E-state index contributed by atoms with van der Waals surface area (Å²) >= 11 is 0. The molecule has 0 aromatic heterocycles. The Morgan fingerprint density at radius 2 is 1.83 bits per heavy atom. The van der Waals surface area contributed by atoms with Crippen molar-refractivity contribution in [1.29, 1.82) is 0 Å². The molecular formula is C2H8O2Si2. The van der Waals surface area contributed by atoms with Crippen LogP contribution in [0.25, 0.3) is 0 Å². The molecule has 36 valence electrons. The van der Waals surface area contributed by atoms with Crippen LogP contribution in [0.3, 0.4) is 0 Å². The first-order valence-corrected chi connectivity index (χ1v) is 5.31. The van der Waals surface area contributed by atoms with Crippen LogP contribution in [0.4, 0.5) is 0 Å². The van der Waals surface area contributed by atoms with Crippen molar-refractivity contribution in [1.82, 2.24) is 0 Å². The molecule has 1 aliphatic rings. The van der Waals surface area contributed by atoms with Gasteiger partial charge in [-0.1, -0.05) is 0 Å².